The van der Waals surface area contributed by atoms with E-state index in [1.807, 2.05) is 4.90 Å². The van der Waals surface area contributed by atoms with E-state index in [2.05, 4.69) is 15.5 Å². The van der Waals surface area contributed by atoms with Crippen LogP contribution < -0.4 is 15.5 Å². The fraction of sp³-hybridized carbons (Fsp3) is 0.333. The fourth-order valence-electron chi connectivity index (χ4n) is 3.37. The first-order chi connectivity index (χ1) is 14.8. The van der Waals surface area contributed by atoms with Gasteiger partial charge in [-0.25, -0.2) is 4.39 Å². The van der Waals surface area contributed by atoms with Crippen molar-refractivity contribution in [2.45, 2.75) is 6.92 Å². The minimum Gasteiger partial charge on any atom is -0.367 e. The zero-order valence-electron chi connectivity index (χ0n) is 17.1. The summed E-state index contributed by atoms with van der Waals surface area (Å²) >= 11 is 0. The molecule has 1 fully saturated rings. The molecule has 0 spiro atoms. The number of aryl methyl sites for hydroxylation is 1. The second-order valence-corrected chi connectivity index (χ2v) is 7.25. The standard InChI is InChI=1S/C21H24FN5O4/c1-15-6-7-16(27(30)31)14-18(15)24-21(29)20(28)23-8-9-25-10-12-26(13-11-25)19-5-3-2-4-17(19)22/h2-7,14H,8-13H2,1H3,(H,23,28)(H,24,29). The molecule has 164 valence electrons. The summed E-state index contributed by atoms with van der Waals surface area (Å²) in [5.41, 5.74) is 1.25. The first kappa shape index (κ1) is 22.2. The van der Waals surface area contributed by atoms with Crippen molar-refractivity contribution in [3.05, 3.63) is 64.0 Å². The average Bonchev–Trinajstić information content (AvgIpc) is 2.76. The van der Waals surface area contributed by atoms with E-state index in [-0.39, 0.29) is 23.7 Å². The number of amides is 2. The average molecular weight is 429 g/mol. The van der Waals surface area contributed by atoms with E-state index in [0.717, 1.165) is 0 Å². The lowest BCUT2D eigenvalue weighted by Crippen LogP contribution is -2.49. The molecular formula is C21H24FN5O4. The van der Waals surface area contributed by atoms with Crippen molar-refractivity contribution in [3.63, 3.8) is 0 Å². The van der Waals surface area contributed by atoms with Crippen molar-refractivity contribution in [1.29, 1.82) is 0 Å². The van der Waals surface area contributed by atoms with Gasteiger partial charge in [0.1, 0.15) is 5.82 Å². The summed E-state index contributed by atoms with van der Waals surface area (Å²) in [5, 5.41) is 15.9. The molecular weight excluding hydrogens is 405 g/mol. The van der Waals surface area contributed by atoms with E-state index in [0.29, 0.717) is 44.0 Å². The van der Waals surface area contributed by atoms with Gasteiger partial charge in [0.2, 0.25) is 0 Å². The van der Waals surface area contributed by atoms with Gasteiger partial charge in [0.25, 0.3) is 5.69 Å². The van der Waals surface area contributed by atoms with E-state index in [9.17, 15) is 24.1 Å². The molecule has 0 saturated carbocycles. The lowest BCUT2D eigenvalue weighted by molar-refractivity contribution is -0.384. The third-order valence-electron chi connectivity index (χ3n) is 5.17. The predicted octanol–water partition coefficient (Wildman–Crippen LogP) is 1.92. The molecule has 31 heavy (non-hydrogen) atoms. The molecule has 0 atom stereocenters. The molecule has 1 saturated heterocycles. The molecule has 9 nitrogen and oxygen atoms in total. The van der Waals surface area contributed by atoms with Gasteiger partial charge in [0.05, 0.1) is 16.3 Å². The van der Waals surface area contributed by atoms with Crippen LogP contribution in [0.1, 0.15) is 5.56 Å². The number of hydrogen-bond donors (Lipinski definition) is 2. The Balaban J connectivity index is 1.42. The minimum atomic E-state index is -0.882. The Morgan fingerprint density at radius 1 is 1.10 bits per heavy atom. The molecule has 1 aliphatic rings. The molecule has 2 N–H and O–H groups in total. The first-order valence-corrected chi connectivity index (χ1v) is 9.91. The van der Waals surface area contributed by atoms with Crippen LogP contribution >= 0.6 is 0 Å². The van der Waals surface area contributed by atoms with Crippen LogP contribution in [0.5, 0.6) is 0 Å². The van der Waals surface area contributed by atoms with Crippen molar-refractivity contribution in [2.24, 2.45) is 0 Å². The number of nitrogens with one attached hydrogen (secondary N) is 2. The maximum atomic E-state index is 13.9. The van der Waals surface area contributed by atoms with Gasteiger partial charge in [-0.3, -0.25) is 24.6 Å². The SMILES string of the molecule is Cc1ccc([N+](=O)[O-])cc1NC(=O)C(=O)NCCN1CCN(c2ccccc2F)CC1. The van der Waals surface area contributed by atoms with Gasteiger partial charge in [-0.15, -0.1) is 0 Å². The monoisotopic (exact) mass is 429 g/mol. The van der Waals surface area contributed by atoms with E-state index in [4.69, 9.17) is 0 Å². The van der Waals surface area contributed by atoms with Gasteiger partial charge in [0, 0.05) is 51.4 Å². The molecule has 0 aliphatic carbocycles. The summed E-state index contributed by atoms with van der Waals surface area (Å²) in [7, 11) is 0. The van der Waals surface area contributed by atoms with E-state index in [1.165, 1.54) is 24.3 Å². The summed E-state index contributed by atoms with van der Waals surface area (Å²) < 4.78 is 13.9. The van der Waals surface area contributed by atoms with Crippen molar-refractivity contribution in [3.8, 4) is 0 Å². The van der Waals surface area contributed by atoms with Crippen molar-refractivity contribution in [2.75, 3.05) is 49.5 Å². The van der Waals surface area contributed by atoms with E-state index in [1.54, 1.807) is 25.1 Å². The summed E-state index contributed by atoms with van der Waals surface area (Å²) in [4.78, 5) is 38.6. The maximum Gasteiger partial charge on any atom is 0.313 e. The Labute approximate surface area is 179 Å². The van der Waals surface area contributed by atoms with Gasteiger partial charge in [-0.2, -0.15) is 0 Å². The second kappa shape index (κ2) is 9.98. The molecule has 0 bridgehead atoms. The second-order valence-electron chi connectivity index (χ2n) is 7.25. The Morgan fingerprint density at radius 2 is 1.81 bits per heavy atom. The number of benzene rings is 2. The van der Waals surface area contributed by atoms with Crippen molar-refractivity contribution >= 4 is 28.9 Å². The third kappa shape index (κ3) is 5.76. The predicted molar refractivity (Wildman–Crippen MR) is 115 cm³/mol. The van der Waals surface area contributed by atoms with Crippen molar-refractivity contribution < 1.29 is 18.9 Å². The number of anilines is 2. The van der Waals surface area contributed by atoms with Crippen molar-refractivity contribution in [1.82, 2.24) is 10.2 Å². The quantitative estimate of drug-likeness (QED) is 0.413. The minimum absolute atomic E-state index is 0.171. The van der Waals surface area contributed by atoms with Crippen LogP contribution in [0.3, 0.4) is 0 Å². The number of non-ortho nitro benzene ring substituents is 1. The van der Waals surface area contributed by atoms with Crippen LogP contribution in [0.2, 0.25) is 0 Å². The maximum absolute atomic E-state index is 13.9. The number of rotatable bonds is 6. The van der Waals surface area contributed by atoms with E-state index < -0.39 is 16.7 Å². The zero-order chi connectivity index (χ0) is 22.4. The topological polar surface area (TPSA) is 108 Å². The van der Waals surface area contributed by atoms with Crippen LogP contribution in [-0.4, -0.2) is 60.9 Å². The van der Waals surface area contributed by atoms with Crippen LogP contribution in [0.15, 0.2) is 42.5 Å². The summed E-state index contributed by atoms with van der Waals surface area (Å²) in [5.74, 6) is -1.93. The summed E-state index contributed by atoms with van der Waals surface area (Å²) in [6.45, 7) is 5.27. The molecule has 10 heteroatoms. The third-order valence-corrected chi connectivity index (χ3v) is 5.17. The molecule has 2 aromatic carbocycles. The number of piperazine rings is 1. The molecule has 2 aromatic rings. The molecule has 3 rings (SSSR count). The Bertz CT molecular complexity index is 976. The lowest BCUT2D eigenvalue weighted by atomic mass is 10.2. The highest BCUT2D eigenvalue weighted by molar-refractivity contribution is 6.39. The van der Waals surface area contributed by atoms with Crippen LogP contribution in [0, 0.1) is 22.9 Å². The van der Waals surface area contributed by atoms with Crippen LogP contribution in [0.4, 0.5) is 21.5 Å². The Morgan fingerprint density at radius 3 is 2.48 bits per heavy atom. The van der Waals surface area contributed by atoms with Gasteiger partial charge >= 0.3 is 11.8 Å². The van der Waals surface area contributed by atoms with E-state index >= 15 is 0 Å². The summed E-state index contributed by atoms with van der Waals surface area (Å²) in [6, 6.07) is 10.7. The molecule has 0 aromatic heterocycles. The molecule has 1 aliphatic heterocycles. The number of para-hydroxylation sites is 1. The number of hydrogen-bond acceptors (Lipinski definition) is 6. The number of halogens is 1. The summed E-state index contributed by atoms with van der Waals surface area (Å²) in [6.07, 6.45) is 0. The van der Waals surface area contributed by atoms with Crippen LogP contribution in [-0.2, 0) is 9.59 Å². The number of nitro groups is 1. The first-order valence-electron chi connectivity index (χ1n) is 9.91. The normalized spacial score (nSPS) is 14.2. The molecule has 0 unspecified atom stereocenters. The molecule has 1 heterocycles. The number of nitro benzene ring substituents is 1. The zero-order valence-corrected chi connectivity index (χ0v) is 17.1. The highest BCUT2D eigenvalue weighted by atomic mass is 19.1. The Hall–Kier alpha value is -3.53. The lowest BCUT2D eigenvalue weighted by Gasteiger charge is -2.36. The van der Waals surface area contributed by atoms with Crippen LogP contribution in [0.25, 0.3) is 0 Å². The fourth-order valence-corrected chi connectivity index (χ4v) is 3.37. The van der Waals surface area contributed by atoms with Gasteiger partial charge in [-0.05, 0) is 24.6 Å². The highest BCUT2D eigenvalue weighted by Gasteiger charge is 2.20. The Kier molecular flexibility index (Phi) is 7.14. The molecule has 0 radical (unpaired) electrons. The highest BCUT2D eigenvalue weighted by Crippen LogP contribution is 2.22. The smallest absolute Gasteiger partial charge is 0.313 e. The van der Waals surface area contributed by atoms with Gasteiger partial charge in [0.15, 0.2) is 0 Å². The largest absolute Gasteiger partial charge is 0.367 e. The molecule has 2 amide bonds. The number of carbonyl (C=O) groups is 2. The number of carbonyl (C=O) groups excluding carboxylic acids is 2. The van der Waals surface area contributed by atoms with Gasteiger partial charge in [-0.1, -0.05) is 18.2 Å². The number of nitrogens with zero attached hydrogens (tertiary/aromatic N) is 3. The van der Waals surface area contributed by atoms with Gasteiger partial charge < -0.3 is 15.5 Å².